The number of anilines is 3. The van der Waals surface area contributed by atoms with Crippen molar-refractivity contribution in [1.29, 1.82) is 0 Å². The van der Waals surface area contributed by atoms with Crippen LogP contribution in [0.1, 0.15) is 22.3 Å². The number of hydrogen-bond acceptors (Lipinski definition) is 1. The van der Waals surface area contributed by atoms with Crippen molar-refractivity contribution in [2.45, 2.75) is 5.41 Å². The second-order valence-electron chi connectivity index (χ2n) is 27.3. The Balaban J connectivity index is 0.000000156. The molecule has 0 atom stereocenters. The molecule has 0 aliphatic heterocycles. The molecule has 20 rings (SSSR count). The molecule has 0 unspecified atom stereocenters. The highest BCUT2D eigenvalue weighted by molar-refractivity contribution is 6.24. The molecule has 19 aromatic rings. The molecule has 0 spiro atoms. The average molecular weight is 1340 g/mol. The van der Waals surface area contributed by atoms with Crippen LogP contribution in [0.5, 0.6) is 0 Å². The lowest BCUT2D eigenvalue weighted by atomic mass is 9.67. The summed E-state index contributed by atoms with van der Waals surface area (Å²) in [5.74, 6) is 0. The number of fused-ring (bicyclic) bond motifs is 9. The van der Waals surface area contributed by atoms with Crippen LogP contribution in [0.4, 0.5) is 17.1 Å². The van der Waals surface area contributed by atoms with E-state index in [4.69, 9.17) is 0 Å². The van der Waals surface area contributed by atoms with Crippen LogP contribution in [-0.4, -0.2) is 4.57 Å². The summed E-state index contributed by atoms with van der Waals surface area (Å²) in [6.45, 7) is 0. The summed E-state index contributed by atoms with van der Waals surface area (Å²) in [4.78, 5) is 2.42. The Morgan fingerprint density at radius 1 is 0.190 bits per heavy atom. The molecule has 105 heavy (non-hydrogen) atoms. The lowest BCUT2D eigenvalue weighted by molar-refractivity contribution is 0.768. The number of benzene rings is 18. The van der Waals surface area contributed by atoms with Gasteiger partial charge in [-0.1, -0.05) is 358 Å². The van der Waals surface area contributed by atoms with Gasteiger partial charge in [-0.2, -0.15) is 0 Å². The van der Waals surface area contributed by atoms with E-state index < -0.39 is 5.41 Å². The Hall–Kier alpha value is -13.7. The third-order valence-corrected chi connectivity index (χ3v) is 21.6. The largest absolute Gasteiger partial charge is 0.310 e. The number of nitrogens with zero attached hydrogens (tertiary/aromatic N) is 2. The van der Waals surface area contributed by atoms with Gasteiger partial charge in [-0.15, -0.1) is 0 Å². The van der Waals surface area contributed by atoms with E-state index in [0.29, 0.717) is 0 Å². The third kappa shape index (κ3) is 10.9. The van der Waals surface area contributed by atoms with Crippen molar-refractivity contribution in [2.24, 2.45) is 0 Å². The summed E-state index contributed by atoms with van der Waals surface area (Å²) in [6, 6.07) is 155. The van der Waals surface area contributed by atoms with Gasteiger partial charge in [-0.3, -0.25) is 0 Å². The molecule has 1 aliphatic rings. The summed E-state index contributed by atoms with van der Waals surface area (Å²) in [5.41, 5.74) is 28.8. The molecule has 0 fully saturated rings. The van der Waals surface area contributed by atoms with Crippen molar-refractivity contribution in [3.05, 3.63) is 447 Å². The fourth-order valence-electron chi connectivity index (χ4n) is 16.8. The van der Waals surface area contributed by atoms with Crippen LogP contribution in [0.25, 0.3) is 138 Å². The number of rotatable bonds is 12. The zero-order chi connectivity index (χ0) is 69.6. The molecule has 2 heteroatoms. The van der Waals surface area contributed by atoms with Crippen LogP contribution in [0.3, 0.4) is 0 Å². The minimum absolute atomic E-state index is 0.501. The Labute approximate surface area is 612 Å². The molecule has 0 N–H and O–H groups in total. The molecule has 0 radical (unpaired) electrons. The van der Waals surface area contributed by atoms with Gasteiger partial charge in [-0.25, -0.2) is 0 Å². The van der Waals surface area contributed by atoms with Crippen molar-refractivity contribution in [3.8, 4) is 83.6 Å². The number of aromatic nitrogens is 1. The second-order valence-corrected chi connectivity index (χ2v) is 27.3. The van der Waals surface area contributed by atoms with E-state index >= 15 is 0 Å². The molecule has 1 aliphatic carbocycles. The van der Waals surface area contributed by atoms with Crippen LogP contribution in [0.2, 0.25) is 0 Å². The first-order chi connectivity index (χ1) is 52.1. The van der Waals surface area contributed by atoms with Crippen molar-refractivity contribution >= 4 is 71.2 Å². The first kappa shape index (κ1) is 62.4. The first-order valence-corrected chi connectivity index (χ1v) is 36.3. The Bertz CT molecular complexity index is 6290. The van der Waals surface area contributed by atoms with E-state index in [2.05, 4.69) is 434 Å². The normalized spacial score (nSPS) is 12.1. The molecule has 0 saturated heterocycles. The summed E-state index contributed by atoms with van der Waals surface area (Å²) in [5, 5.41) is 10.1. The van der Waals surface area contributed by atoms with E-state index in [9.17, 15) is 0 Å². The maximum Gasteiger partial charge on any atom is 0.0714 e. The zero-order valence-corrected chi connectivity index (χ0v) is 57.8. The molecule has 1 aromatic heterocycles. The van der Waals surface area contributed by atoms with Gasteiger partial charge in [0.1, 0.15) is 0 Å². The molecule has 0 amide bonds. The highest BCUT2D eigenvalue weighted by atomic mass is 15.1. The van der Waals surface area contributed by atoms with Crippen molar-refractivity contribution in [3.63, 3.8) is 0 Å². The van der Waals surface area contributed by atoms with Gasteiger partial charge in [-0.05, 0) is 199 Å². The van der Waals surface area contributed by atoms with Crippen molar-refractivity contribution in [1.82, 2.24) is 4.57 Å². The van der Waals surface area contributed by atoms with E-state index in [1.54, 1.807) is 0 Å². The smallest absolute Gasteiger partial charge is 0.0714 e. The summed E-state index contributed by atoms with van der Waals surface area (Å²) in [7, 11) is 0. The standard InChI is InChI=1S/C61H42N2.C42H28/c1-5-17-43(18-6-1)44-29-34-50(35-30-44)62(51-36-31-45(32-37-51)46-33-40-60-56(41-46)55-26-14-16-28-59(55)63(60)49-23-11-4-12-24-49)52-38-39-54-53-25-13-15-27-57(53)61(58(54)42-52,47-19-7-2-8-20-47)48-21-9-3-10-22-48;1-3-13-29(14-4-1)30-23-25-32(26-24-30)41-36-19-9-11-21-38(36)42(39-22-12-10-20-37(39)41)40-28-27-33(31-15-5-2-6-16-31)34-17-7-8-18-35(34)40/h1-42H;1-28H. The van der Waals surface area contributed by atoms with Gasteiger partial charge in [0.15, 0.2) is 0 Å². The van der Waals surface area contributed by atoms with Gasteiger partial charge >= 0.3 is 0 Å². The lowest BCUT2D eigenvalue weighted by Gasteiger charge is -2.35. The summed E-state index contributed by atoms with van der Waals surface area (Å²) < 4.78 is 2.37. The van der Waals surface area contributed by atoms with Gasteiger partial charge in [0.25, 0.3) is 0 Å². The maximum absolute atomic E-state index is 2.45. The molecule has 2 nitrogen and oxygen atoms in total. The highest BCUT2D eigenvalue weighted by Crippen LogP contribution is 2.58. The minimum atomic E-state index is -0.501. The molecule has 0 saturated carbocycles. The summed E-state index contributed by atoms with van der Waals surface area (Å²) in [6.07, 6.45) is 0. The molecule has 1 heterocycles. The Morgan fingerprint density at radius 2 is 0.552 bits per heavy atom. The SMILES string of the molecule is c1ccc(-c2ccc(-c3c4ccccc4c(-c4ccc(-c5ccccc5)c5ccccc45)c4ccccc34)cc2)cc1.c1ccc(-c2ccc(N(c3ccc(-c4ccc5c(c4)c4ccccc4n5-c4ccccc4)cc3)c3ccc4c(c3)C(c3ccccc3)(c3ccccc3)c3ccccc3-4)cc2)cc1. The molecular formula is C103H70N2. The number of para-hydroxylation sites is 2. The van der Waals surface area contributed by atoms with Gasteiger partial charge in [0.2, 0.25) is 0 Å². The van der Waals surface area contributed by atoms with Crippen LogP contribution >= 0.6 is 0 Å². The first-order valence-electron chi connectivity index (χ1n) is 36.3. The lowest BCUT2D eigenvalue weighted by Crippen LogP contribution is -2.28. The van der Waals surface area contributed by atoms with E-state index in [1.807, 2.05) is 0 Å². The zero-order valence-electron chi connectivity index (χ0n) is 57.8. The molecule has 0 bridgehead atoms. The second kappa shape index (κ2) is 26.7. The molecule has 492 valence electrons. The van der Waals surface area contributed by atoms with Crippen LogP contribution < -0.4 is 4.90 Å². The maximum atomic E-state index is 2.45. The highest BCUT2D eigenvalue weighted by Gasteiger charge is 2.46. The minimum Gasteiger partial charge on any atom is -0.310 e. The van der Waals surface area contributed by atoms with Crippen LogP contribution in [-0.2, 0) is 5.41 Å². The quantitative estimate of drug-likeness (QED) is 0.111. The van der Waals surface area contributed by atoms with Crippen molar-refractivity contribution < 1.29 is 0 Å². The average Bonchev–Trinajstić information content (AvgIpc) is 1.55. The predicted octanol–water partition coefficient (Wildman–Crippen LogP) is 27.8. The Kier molecular flexibility index (Phi) is 15.9. The summed E-state index contributed by atoms with van der Waals surface area (Å²) >= 11 is 0. The van der Waals surface area contributed by atoms with Crippen molar-refractivity contribution in [2.75, 3.05) is 4.90 Å². The monoisotopic (exact) mass is 1330 g/mol. The molecule has 18 aromatic carbocycles. The fourth-order valence-corrected chi connectivity index (χ4v) is 16.8. The Morgan fingerprint density at radius 3 is 1.11 bits per heavy atom. The van der Waals surface area contributed by atoms with E-state index in [1.165, 1.54) is 154 Å². The van der Waals surface area contributed by atoms with Gasteiger partial charge in [0.05, 0.1) is 16.4 Å². The predicted molar refractivity (Wildman–Crippen MR) is 444 cm³/mol. The van der Waals surface area contributed by atoms with Gasteiger partial charge in [0, 0.05) is 33.5 Å². The molecular weight excluding hydrogens is 1270 g/mol. The van der Waals surface area contributed by atoms with Crippen LogP contribution in [0.15, 0.2) is 425 Å². The third-order valence-electron chi connectivity index (χ3n) is 21.6. The van der Waals surface area contributed by atoms with Gasteiger partial charge < -0.3 is 9.47 Å². The van der Waals surface area contributed by atoms with Crippen LogP contribution in [0, 0.1) is 0 Å². The van der Waals surface area contributed by atoms with E-state index in [-0.39, 0.29) is 0 Å². The topological polar surface area (TPSA) is 8.17 Å². The number of hydrogen-bond donors (Lipinski definition) is 0. The van der Waals surface area contributed by atoms with E-state index in [0.717, 1.165) is 22.7 Å². The fraction of sp³-hybridized carbons (Fsp3) is 0.00971.